The Bertz CT molecular complexity index is 1300. The zero-order valence-electron chi connectivity index (χ0n) is 19.0. The van der Waals surface area contributed by atoms with Crippen LogP contribution in [-0.4, -0.2) is 4.40 Å². The van der Waals surface area contributed by atoms with Gasteiger partial charge in [0, 0.05) is 40.7 Å². The second-order valence-corrected chi connectivity index (χ2v) is 10.3. The van der Waals surface area contributed by atoms with Crippen LogP contribution in [0, 0.1) is 19.3 Å². The van der Waals surface area contributed by atoms with Crippen LogP contribution in [0.5, 0.6) is 0 Å². The molecule has 0 fully saturated rings. The van der Waals surface area contributed by atoms with Gasteiger partial charge in [-0.05, 0) is 84.2 Å². The first-order chi connectivity index (χ1) is 14.2. The monoisotopic (exact) mass is 395 g/mol. The lowest BCUT2D eigenvalue weighted by Gasteiger charge is -2.20. The highest BCUT2D eigenvalue weighted by Gasteiger charge is 2.24. The molecule has 0 aliphatic heterocycles. The van der Waals surface area contributed by atoms with Crippen LogP contribution in [0.25, 0.3) is 27.9 Å². The van der Waals surface area contributed by atoms with Crippen molar-refractivity contribution in [3.8, 4) is 22.4 Å². The minimum Gasteiger partial charge on any atom is -0.323 e. The predicted octanol–water partition coefficient (Wildman–Crippen LogP) is 6.21. The predicted molar refractivity (Wildman–Crippen MR) is 125 cm³/mol. The van der Waals surface area contributed by atoms with Crippen molar-refractivity contribution in [2.45, 2.75) is 47.5 Å². The standard InChI is InChI=1S/C28H31N2/c1-18-10-20-11-21-12-23-8-7-9-30(23)17-26(21)25(20)14-24(18)27-13-22(15-28(3,4)5)19(2)16-29(27)6/h7-10,12-14,16-17H,11,15H2,1-6H3/q+1. The van der Waals surface area contributed by atoms with Crippen molar-refractivity contribution in [3.05, 3.63) is 82.8 Å². The van der Waals surface area contributed by atoms with E-state index in [9.17, 15) is 0 Å². The molecule has 0 unspecified atom stereocenters. The molecule has 4 aromatic rings. The second-order valence-electron chi connectivity index (χ2n) is 10.3. The molecule has 0 N–H and O–H groups in total. The second kappa shape index (κ2) is 6.57. The maximum Gasteiger partial charge on any atom is 0.212 e. The van der Waals surface area contributed by atoms with Crippen molar-refractivity contribution in [1.29, 1.82) is 0 Å². The highest BCUT2D eigenvalue weighted by Crippen LogP contribution is 2.40. The Morgan fingerprint density at radius 1 is 0.933 bits per heavy atom. The number of fused-ring (bicyclic) bond motifs is 4. The molecule has 1 aliphatic carbocycles. The fraction of sp³-hybridized carbons (Fsp3) is 0.321. The van der Waals surface area contributed by atoms with Crippen LogP contribution in [-0.2, 0) is 19.9 Å². The van der Waals surface area contributed by atoms with Crippen molar-refractivity contribution in [1.82, 2.24) is 4.40 Å². The zero-order valence-corrected chi connectivity index (χ0v) is 19.0. The Morgan fingerprint density at radius 2 is 1.70 bits per heavy atom. The number of rotatable bonds is 2. The Hall–Kier alpha value is -2.87. The third-order valence-electron chi connectivity index (χ3n) is 6.45. The van der Waals surface area contributed by atoms with Gasteiger partial charge in [0.15, 0.2) is 6.20 Å². The average Bonchev–Trinajstić information content (AvgIpc) is 3.23. The van der Waals surface area contributed by atoms with Crippen molar-refractivity contribution in [2.75, 3.05) is 0 Å². The lowest BCUT2D eigenvalue weighted by Crippen LogP contribution is -2.32. The Labute approximate surface area is 179 Å². The highest BCUT2D eigenvalue weighted by molar-refractivity contribution is 5.83. The topological polar surface area (TPSA) is 8.29 Å². The van der Waals surface area contributed by atoms with Gasteiger partial charge in [0.25, 0.3) is 0 Å². The molecule has 2 heteroatoms. The van der Waals surface area contributed by atoms with Crippen molar-refractivity contribution < 1.29 is 4.57 Å². The minimum absolute atomic E-state index is 0.274. The molecule has 0 saturated carbocycles. The quantitative estimate of drug-likeness (QED) is 0.314. The Kier molecular flexibility index (Phi) is 4.18. The number of benzene rings is 1. The lowest BCUT2D eigenvalue weighted by molar-refractivity contribution is -0.660. The fourth-order valence-corrected chi connectivity index (χ4v) is 5.01. The zero-order chi connectivity index (χ0) is 21.2. The minimum atomic E-state index is 0.274. The summed E-state index contributed by atoms with van der Waals surface area (Å²) in [6, 6.07) is 13.9. The molecule has 5 rings (SSSR count). The van der Waals surface area contributed by atoms with Gasteiger partial charge in [-0.25, -0.2) is 4.57 Å². The summed E-state index contributed by atoms with van der Waals surface area (Å²) in [5, 5.41) is 0. The third kappa shape index (κ3) is 3.15. The van der Waals surface area contributed by atoms with Crippen LogP contribution >= 0.6 is 0 Å². The maximum atomic E-state index is 2.43. The first kappa shape index (κ1) is 19.1. The van der Waals surface area contributed by atoms with Gasteiger partial charge in [0.1, 0.15) is 7.05 Å². The lowest BCUT2D eigenvalue weighted by atomic mass is 9.86. The number of aromatic nitrogens is 2. The van der Waals surface area contributed by atoms with E-state index in [0.717, 1.165) is 12.8 Å². The summed E-state index contributed by atoms with van der Waals surface area (Å²) in [6.07, 6.45) is 8.85. The van der Waals surface area contributed by atoms with Crippen LogP contribution in [0.4, 0.5) is 0 Å². The summed E-state index contributed by atoms with van der Waals surface area (Å²) in [4.78, 5) is 0. The summed E-state index contributed by atoms with van der Waals surface area (Å²) in [6.45, 7) is 11.4. The number of nitrogens with zero attached hydrogens (tertiary/aromatic N) is 2. The molecule has 0 radical (unpaired) electrons. The van der Waals surface area contributed by atoms with Crippen molar-refractivity contribution >= 4 is 5.52 Å². The molecule has 0 atom stereocenters. The fourth-order valence-electron chi connectivity index (χ4n) is 5.01. The van der Waals surface area contributed by atoms with Gasteiger partial charge >= 0.3 is 0 Å². The maximum absolute atomic E-state index is 2.43. The van der Waals surface area contributed by atoms with Gasteiger partial charge in [0.2, 0.25) is 5.69 Å². The molecule has 0 amide bonds. The normalized spacial score (nSPS) is 13.0. The van der Waals surface area contributed by atoms with Crippen molar-refractivity contribution in [2.24, 2.45) is 12.5 Å². The van der Waals surface area contributed by atoms with E-state index in [0.29, 0.717) is 0 Å². The molecule has 0 bridgehead atoms. The molecule has 2 nitrogen and oxygen atoms in total. The van der Waals surface area contributed by atoms with E-state index in [4.69, 9.17) is 0 Å². The largest absolute Gasteiger partial charge is 0.323 e. The van der Waals surface area contributed by atoms with Crippen LogP contribution in [0.1, 0.15) is 48.6 Å². The molecule has 0 spiro atoms. The number of aryl methyl sites for hydroxylation is 3. The summed E-state index contributed by atoms with van der Waals surface area (Å²) in [5.41, 5.74) is 14.0. The molecule has 0 saturated heterocycles. The number of hydrogen-bond acceptors (Lipinski definition) is 0. The Balaban J connectivity index is 1.67. The van der Waals surface area contributed by atoms with E-state index >= 15 is 0 Å². The molecule has 3 aromatic heterocycles. The van der Waals surface area contributed by atoms with Gasteiger partial charge in [0.05, 0.1) is 0 Å². The van der Waals surface area contributed by atoms with E-state index in [1.807, 2.05) is 0 Å². The summed E-state index contributed by atoms with van der Waals surface area (Å²) < 4.78 is 4.53. The SMILES string of the molecule is Cc1c[n+](C)c(-c2cc3c(cc2C)Cc2cc4cccn4cc2-3)cc1CC(C)(C)C. The molecule has 1 aliphatic rings. The smallest absolute Gasteiger partial charge is 0.212 e. The van der Waals surface area contributed by atoms with Crippen LogP contribution < -0.4 is 4.57 Å². The van der Waals surface area contributed by atoms with Crippen LogP contribution in [0.15, 0.2) is 55.0 Å². The van der Waals surface area contributed by atoms with Crippen LogP contribution in [0.2, 0.25) is 0 Å². The Morgan fingerprint density at radius 3 is 2.47 bits per heavy atom. The van der Waals surface area contributed by atoms with E-state index in [1.54, 1.807) is 0 Å². The summed E-state index contributed by atoms with van der Waals surface area (Å²) in [5.74, 6) is 0. The third-order valence-corrected chi connectivity index (χ3v) is 6.45. The average molecular weight is 396 g/mol. The molecule has 1 aromatic carbocycles. The molecule has 30 heavy (non-hydrogen) atoms. The molecular formula is C28H31N2+. The number of pyridine rings is 2. The molecule has 3 heterocycles. The van der Waals surface area contributed by atoms with Gasteiger partial charge in [-0.3, -0.25) is 0 Å². The van der Waals surface area contributed by atoms with E-state index in [2.05, 4.69) is 106 Å². The highest BCUT2D eigenvalue weighted by atomic mass is 14.9. The van der Waals surface area contributed by atoms with Gasteiger partial charge in [-0.2, -0.15) is 0 Å². The van der Waals surface area contributed by atoms with E-state index in [-0.39, 0.29) is 5.41 Å². The van der Waals surface area contributed by atoms with E-state index < -0.39 is 0 Å². The first-order valence-electron chi connectivity index (χ1n) is 10.9. The van der Waals surface area contributed by atoms with E-state index in [1.165, 1.54) is 55.7 Å². The molecule has 152 valence electrons. The van der Waals surface area contributed by atoms with Gasteiger partial charge < -0.3 is 4.40 Å². The molecular weight excluding hydrogens is 364 g/mol. The summed E-state index contributed by atoms with van der Waals surface area (Å²) in [7, 11) is 2.17. The number of hydrogen-bond donors (Lipinski definition) is 0. The van der Waals surface area contributed by atoms with Crippen LogP contribution in [0.3, 0.4) is 0 Å². The van der Waals surface area contributed by atoms with Gasteiger partial charge in [-0.1, -0.05) is 26.8 Å². The van der Waals surface area contributed by atoms with Gasteiger partial charge in [-0.15, -0.1) is 0 Å². The van der Waals surface area contributed by atoms with Crippen molar-refractivity contribution in [3.63, 3.8) is 0 Å². The first-order valence-corrected chi connectivity index (χ1v) is 10.9. The summed E-state index contributed by atoms with van der Waals surface area (Å²) >= 11 is 0.